The average molecular weight is 454 g/mol. The monoisotopic (exact) mass is 453 g/mol. The van der Waals surface area contributed by atoms with E-state index in [-0.39, 0.29) is 0 Å². The van der Waals surface area contributed by atoms with Crippen molar-refractivity contribution in [3.63, 3.8) is 0 Å². The molecule has 4 aromatic rings. The Morgan fingerprint density at radius 3 is 2.39 bits per heavy atom. The van der Waals surface area contributed by atoms with Crippen LogP contribution in [0.5, 0.6) is 23.1 Å². The topological polar surface area (TPSA) is 60.6 Å². The number of nitrogens with one attached hydrogen (secondary N) is 1. The maximum atomic E-state index is 12.4. The fraction of sp³-hybridized carbons (Fsp3) is 0.0417. The predicted molar refractivity (Wildman–Crippen MR) is 121 cm³/mol. The second kappa shape index (κ2) is 9.16. The molecule has 0 aliphatic carbocycles. The molecule has 0 atom stereocenters. The number of esters is 1. The zero-order valence-corrected chi connectivity index (χ0v) is 17.9. The summed E-state index contributed by atoms with van der Waals surface area (Å²) in [5.41, 5.74) is 1.72. The minimum absolute atomic E-state index is 0.373. The van der Waals surface area contributed by atoms with Crippen LogP contribution in [-0.4, -0.2) is 18.1 Å². The van der Waals surface area contributed by atoms with Gasteiger partial charge in [0.05, 0.1) is 22.7 Å². The number of hydrogen-bond acceptors (Lipinski definition) is 4. The van der Waals surface area contributed by atoms with Gasteiger partial charge in [-0.15, -0.1) is 0 Å². The van der Waals surface area contributed by atoms with Crippen LogP contribution in [0.4, 0.5) is 0 Å². The molecule has 4 rings (SSSR count). The van der Waals surface area contributed by atoms with Crippen LogP contribution in [0.3, 0.4) is 0 Å². The van der Waals surface area contributed by atoms with E-state index in [1.54, 1.807) is 48.7 Å². The van der Waals surface area contributed by atoms with Crippen molar-refractivity contribution in [2.45, 2.75) is 0 Å². The summed E-state index contributed by atoms with van der Waals surface area (Å²) in [5.74, 6) is 1.42. The van der Waals surface area contributed by atoms with E-state index in [0.29, 0.717) is 49.9 Å². The number of aromatic amines is 1. The van der Waals surface area contributed by atoms with Crippen molar-refractivity contribution >= 4 is 29.2 Å². The Kier molecular flexibility index (Phi) is 6.16. The zero-order valence-electron chi connectivity index (χ0n) is 16.4. The highest BCUT2D eigenvalue weighted by Crippen LogP contribution is 2.44. The minimum atomic E-state index is -0.447. The predicted octanol–water partition coefficient (Wildman–Crippen LogP) is 7.36. The van der Waals surface area contributed by atoms with E-state index < -0.39 is 5.97 Å². The van der Waals surface area contributed by atoms with E-state index in [4.69, 9.17) is 37.4 Å². The molecule has 0 radical (unpaired) electrons. The summed E-state index contributed by atoms with van der Waals surface area (Å²) in [6.07, 6.45) is 1.75. The smallest absolute Gasteiger partial charge is 0.338 e. The van der Waals surface area contributed by atoms with Crippen LogP contribution in [0, 0.1) is 0 Å². The third kappa shape index (κ3) is 4.53. The average Bonchev–Trinajstić information content (AvgIpc) is 3.30. The van der Waals surface area contributed by atoms with E-state index in [2.05, 4.69) is 4.98 Å². The summed E-state index contributed by atoms with van der Waals surface area (Å²) in [4.78, 5) is 15.4. The van der Waals surface area contributed by atoms with Crippen LogP contribution >= 0.6 is 23.2 Å². The largest absolute Gasteiger partial charge is 0.465 e. The number of methoxy groups -OCH3 is 1. The highest BCUT2D eigenvalue weighted by atomic mass is 35.5. The number of carbonyl (C=O) groups excluding carboxylic acids is 1. The number of rotatable bonds is 6. The lowest BCUT2D eigenvalue weighted by molar-refractivity contribution is 0.0601. The fourth-order valence-corrected chi connectivity index (χ4v) is 3.36. The summed E-state index contributed by atoms with van der Waals surface area (Å²) in [5, 5.41) is 0.802. The SMILES string of the molecule is COC(=O)c1ccccc1-c1cccc(Oc2ccc(Cl)c(Cl)c2)c1Oc1ccc[nH]1. The van der Waals surface area contributed by atoms with Gasteiger partial charge in [-0.2, -0.15) is 0 Å². The van der Waals surface area contributed by atoms with Gasteiger partial charge in [0.1, 0.15) is 5.75 Å². The first-order chi connectivity index (χ1) is 15.1. The molecule has 1 aromatic heterocycles. The molecule has 3 aromatic carbocycles. The number of H-pyrrole nitrogens is 1. The van der Waals surface area contributed by atoms with Crippen LogP contribution in [0.25, 0.3) is 11.1 Å². The summed E-state index contributed by atoms with van der Waals surface area (Å²) in [6, 6.07) is 21.2. The van der Waals surface area contributed by atoms with Gasteiger partial charge in [0.15, 0.2) is 17.4 Å². The third-order valence-corrected chi connectivity index (χ3v) is 5.24. The Labute approximate surface area is 189 Å². The molecule has 0 saturated carbocycles. The van der Waals surface area contributed by atoms with Crippen molar-refractivity contribution in [2.75, 3.05) is 7.11 Å². The van der Waals surface area contributed by atoms with E-state index in [1.165, 1.54) is 7.11 Å². The molecule has 0 bridgehead atoms. The Morgan fingerprint density at radius 1 is 0.839 bits per heavy atom. The molecule has 5 nitrogen and oxygen atoms in total. The van der Waals surface area contributed by atoms with E-state index in [0.717, 1.165) is 0 Å². The van der Waals surface area contributed by atoms with Gasteiger partial charge >= 0.3 is 5.97 Å². The lowest BCUT2D eigenvalue weighted by atomic mass is 9.98. The number of benzene rings is 3. The van der Waals surface area contributed by atoms with E-state index in [1.807, 2.05) is 30.3 Å². The van der Waals surface area contributed by atoms with Crippen LogP contribution in [0.1, 0.15) is 10.4 Å². The Bertz CT molecular complexity index is 1220. The van der Waals surface area contributed by atoms with Crippen molar-refractivity contribution in [2.24, 2.45) is 0 Å². The Balaban J connectivity index is 1.85. The summed E-state index contributed by atoms with van der Waals surface area (Å²) < 4.78 is 17.2. The summed E-state index contributed by atoms with van der Waals surface area (Å²) in [7, 11) is 1.35. The minimum Gasteiger partial charge on any atom is -0.465 e. The standard InChI is InChI=1S/C24H17Cl2NO4/c1-29-24(28)18-7-3-2-6-16(18)17-8-4-9-21(23(17)31-22-10-5-13-27-22)30-15-11-12-19(25)20(26)14-15/h2-14,27H,1H3. The molecular weight excluding hydrogens is 437 g/mol. The molecule has 31 heavy (non-hydrogen) atoms. The molecule has 7 heteroatoms. The maximum Gasteiger partial charge on any atom is 0.338 e. The molecule has 156 valence electrons. The quantitative estimate of drug-likeness (QED) is 0.309. The molecule has 0 spiro atoms. The zero-order chi connectivity index (χ0) is 21.8. The normalized spacial score (nSPS) is 10.5. The summed E-state index contributed by atoms with van der Waals surface area (Å²) >= 11 is 12.1. The first-order valence-corrected chi connectivity index (χ1v) is 10.1. The molecule has 1 heterocycles. The first kappa shape index (κ1) is 20.8. The van der Waals surface area contributed by atoms with Crippen molar-refractivity contribution in [3.05, 3.63) is 94.6 Å². The second-order valence-electron chi connectivity index (χ2n) is 6.48. The highest BCUT2D eigenvalue weighted by molar-refractivity contribution is 6.42. The number of halogens is 2. The van der Waals surface area contributed by atoms with Gasteiger partial charge in [0.25, 0.3) is 0 Å². The van der Waals surface area contributed by atoms with Crippen molar-refractivity contribution in [1.82, 2.24) is 4.98 Å². The molecule has 0 amide bonds. The molecule has 0 fully saturated rings. The van der Waals surface area contributed by atoms with Crippen molar-refractivity contribution < 1.29 is 19.0 Å². The van der Waals surface area contributed by atoms with Gasteiger partial charge in [-0.05, 0) is 30.3 Å². The summed E-state index contributed by atoms with van der Waals surface area (Å²) in [6.45, 7) is 0. The highest BCUT2D eigenvalue weighted by Gasteiger charge is 2.20. The van der Waals surface area contributed by atoms with Gasteiger partial charge in [-0.1, -0.05) is 53.5 Å². The molecule has 0 aliphatic rings. The maximum absolute atomic E-state index is 12.4. The molecule has 1 N–H and O–H groups in total. The molecule has 0 aliphatic heterocycles. The molecule has 0 unspecified atom stereocenters. The van der Waals surface area contributed by atoms with Gasteiger partial charge in [-0.25, -0.2) is 4.79 Å². The Morgan fingerprint density at radius 2 is 1.65 bits per heavy atom. The van der Waals surface area contributed by atoms with Gasteiger partial charge in [0.2, 0.25) is 0 Å². The second-order valence-corrected chi connectivity index (χ2v) is 7.30. The number of aromatic nitrogens is 1. The number of para-hydroxylation sites is 1. The fourth-order valence-electron chi connectivity index (χ4n) is 3.07. The number of hydrogen-bond donors (Lipinski definition) is 1. The number of carbonyl (C=O) groups is 1. The number of ether oxygens (including phenoxy) is 3. The van der Waals surface area contributed by atoms with E-state index >= 15 is 0 Å². The van der Waals surface area contributed by atoms with Crippen LogP contribution in [-0.2, 0) is 4.74 Å². The molecular formula is C24H17Cl2NO4. The van der Waals surface area contributed by atoms with Crippen LogP contribution in [0.2, 0.25) is 10.0 Å². The van der Waals surface area contributed by atoms with Gasteiger partial charge in [0, 0.05) is 29.5 Å². The van der Waals surface area contributed by atoms with E-state index in [9.17, 15) is 4.79 Å². The van der Waals surface area contributed by atoms with Crippen molar-refractivity contribution in [1.29, 1.82) is 0 Å². The Hall–Kier alpha value is -3.41. The molecule has 0 saturated heterocycles. The third-order valence-electron chi connectivity index (χ3n) is 4.50. The van der Waals surface area contributed by atoms with Gasteiger partial charge in [-0.3, -0.25) is 0 Å². The lowest BCUT2D eigenvalue weighted by Crippen LogP contribution is -2.04. The first-order valence-electron chi connectivity index (χ1n) is 9.31. The lowest BCUT2D eigenvalue weighted by Gasteiger charge is -2.17. The van der Waals surface area contributed by atoms with Crippen LogP contribution in [0.15, 0.2) is 79.0 Å². The van der Waals surface area contributed by atoms with Crippen molar-refractivity contribution in [3.8, 4) is 34.3 Å². The van der Waals surface area contributed by atoms with Gasteiger partial charge < -0.3 is 19.2 Å². The van der Waals surface area contributed by atoms with Crippen LogP contribution < -0.4 is 9.47 Å².